The smallest absolute Gasteiger partial charge is 0.193 e. The third-order valence-electron chi connectivity index (χ3n) is 5.57. The van der Waals surface area contributed by atoms with E-state index in [1.54, 1.807) is 37.6 Å². The molecule has 1 aliphatic heterocycles. The monoisotopic (exact) mass is 448 g/mol. The van der Waals surface area contributed by atoms with Crippen LogP contribution in [-0.2, 0) is 17.9 Å². The SMILES string of the molecule is CN=C(NCc1ccc(Oc2cccnc2)c(F)c1)N1CCC(COCc2ccccc2)C1. The number of nitrogens with zero attached hydrogens (tertiary/aromatic N) is 3. The Morgan fingerprint density at radius 2 is 2.03 bits per heavy atom. The van der Waals surface area contributed by atoms with Gasteiger partial charge in [0.1, 0.15) is 5.75 Å². The fraction of sp³-hybridized carbons (Fsp3) is 0.308. The van der Waals surface area contributed by atoms with E-state index in [9.17, 15) is 4.39 Å². The van der Waals surface area contributed by atoms with Gasteiger partial charge in [0.2, 0.25) is 0 Å². The van der Waals surface area contributed by atoms with Gasteiger partial charge < -0.3 is 19.7 Å². The first kappa shape index (κ1) is 22.7. The first-order chi connectivity index (χ1) is 16.2. The summed E-state index contributed by atoms with van der Waals surface area (Å²) >= 11 is 0. The number of hydrogen-bond donors (Lipinski definition) is 1. The number of rotatable bonds is 8. The Morgan fingerprint density at radius 1 is 1.15 bits per heavy atom. The van der Waals surface area contributed by atoms with E-state index >= 15 is 0 Å². The predicted molar refractivity (Wildman–Crippen MR) is 127 cm³/mol. The largest absolute Gasteiger partial charge is 0.453 e. The van der Waals surface area contributed by atoms with E-state index < -0.39 is 5.82 Å². The maximum absolute atomic E-state index is 14.5. The lowest BCUT2D eigenvalue weighted by molar-refractivity contribution is 0.0906. The fourth-order valence-corrected chi connectivity index (χ4v) is 3.86. The molecule has 0 spiro atoms. The minimum absolute atomic E-state index is 0.175. The van der Waals surface area contributed by atoms with Crippen LogP contribution in [0.15, 0.2) is 78.0 Å². The fourth-order valence-electron chi connectivity index (χ4n) is 3.86. The molecule has 0 aliphatic carbocycles. The van der Waals surface area contributed by atoms with Crippen LogP contribution in [0.2, 0.25) is 0 Å². The van der Waals surface area contributed by atoms with Crippen molar-refractivity contribution in [1.29, 1.82) is 0 Å². The average Bonchev–Trinajstić information content (AvgIpc) is 3.31. The normalized spacial score (nSPS) is 16.1. The zero-order chi connectivity index (χ0) is 22.9. The van der Waals surface area contributed by atoms with Crippen molar-refractivity contribution in [2.45, 2.75) is 19.6 Å². The number of guanidine groups is 1. The molecule has 1 aliphatic rings. The van der Waals surface area contributed by atoms with Crippen LogP contribution < -0.4 is 10.1 Å². The molecule has 0 amide bonds. The number of benzene rings is 2. The Morgan fingerprint density at radius 3 is 2.79 bits per heavy atom. The molecule has 0 saturated carbocycles. The molecule has 1 N–H and O–H groups in total. The van der Waals surface area contributed by atoms with Gasteiger partial charge in [-0.2, -0.15) is 0 Å². The molecule has 1 saturated heterocycles. The van der Waals surface area contributed by atoms with Gasteiger partial charge in [-0.05, 0) is 41.8 Å². The Bertz CT molecular complexity index is 1050. The van der Waals surface area contributed by atoms with Gasteiger partial charge in [-0.15, -0.1) is 0 Å². The molecule has 33 heavy (non-hydrogen) atoms. The molecule has 7 heteroatoms. The third-order valence-corrected chi connectivity index (χ3v) is 5.57. The number of likely N-dealkylation sites (tertiary alicyclic amines) is 1. The van der Waals surface area contributed by atoms with E-state index in [0.29, 0.717) is 24.8 Å². The second kappa shape index (κ2) is 11.4. The molecule has 3 aromatic rings. The van der Waals surface area contributed by atoms with Gasteiger partial charge in [0.15, 0.2) is 17.5 Å². The highest BCUT2D eigenvalue weighted by molar-refractivity contribution is 5.80. The Labute approximate surface area is 194 Å². The van der Waals surface area contributed by atoms with Gasteiger partial charge >= 0.3 is 0 Å². The molecule has 2 aromatic carbocycles. The summed E-state index contributed by atoms with van der Waals surface area (Å²) in [5.41, 5.74) is 2.00. The molecule has 172 valence electrons. The molecule has 2 heterocycles. The predicted octanol–water partition coefficient (Wildman–Crippen LogP) is 4.63. The maximum atomic E-state index is 14.5. The number of aromatic nitrogens is 1. The number of pyridine rings is 1. The van der Waals surface area contributed by atoms with Gasteiger partial charge in [0, 0.05) is 38.8 Å². The Hall–Kier alpha value is -3.45. The van der Waals surface area contributed by atoms with Crippen molar-refractivity contribution in [3.8, 4) is 11.5 Å². The maximum Gasteiger partial charge on any atom is 0.193 e. The number of nitrogens with one attached hydrogen (secondary N) is 1. The van der Waals surface area contributed by atoms with Crippen LogP contribution in [0, 0.1) is 11.7 Å². The van der Waals surface area contributed by atoms with Gasteiger partial charge in [0.25, 0.3) is 0 Å². The summed E-state index contributed by atoms with van der Waals surface area (Å²) in [6.07, 6.45) is 4.25. The minimum Gasteiger partial charge on any atom is -0.453 e. The molecule has 1 aromatic heterocycles. The summed E-state index contributed by atoms with van der Waals surface area (Å²) in [5, 5.41) is 3.34. The molecule has 1 fully saturated rings. The number of halogens is 1. The van der Waals surface area contributed by atoms with E-state index in [1.807, 2.05) is 24.3 Å². The van der Waals surface area contributed by atoms with Crippen molar-refractivity contribution < 1.29 is 13.9 Å². The van der Waals surface area contributed by atoms with E-state index in [1.165, 1.54) is 11.6 Å². The Kier molecular flexibility index (Phi) is 7.87. The van der Waals surface area contributed by atoms with Crippen LogP contribution >= 0.6 is 0 Å². The number of ether oxygens (including phenoxy) is 2. The average molecular weight is 449 g/mol. The molecule has 0 bridgehead atoms. The van der Waals surface area contributed by atoms with Crippen molar-refractivity contribution >= 4 is 5.96 Å². The topological polar surface area (TPSA) is 59.0 Å². The lowest BCUT2D eigenvalue weighted by Gasteiger charge is -2.22. The number of hydrogen-bond acceptors (Lipinski definition) is 4. The van der Waals surface area contributed by atoms with Crippen molar-refractivity contribution in [2.75, 3.05) is 26.7 Å². The lowest BCUT2D eigenvalue weighted by atomic mass is 10.1. The second-order valence-electron chi connectivity index (χ2n) is 8.06. The van der Waals surface area contributed by atoms with Crippen molar-refractivity contribution in [2.24, 2.45) is 10.9 Å². The highest BCUT2D eigenvalue weighted by Crippen LogP contribution is 2.24. The van der Waals surface area contributed by atoms with Crippen LogP contribution in [0.3, 0.4) is 0 Å². The lowest BCUT2D eigenvalue weighted by Crippen LogP contribution is -2.39. The second-order valence-corrected chi connectivity index (χ2v) is 8.06. The van der Waals surface area contributed by atoms with Gasteiger partial charge in [-0.3, -0.25) is 9.98 Å². The third kappa shape index (κ3) is 6.52. The van der Waals surface area contributed by atoms with E-state index in [2.05, 4.69) is 32.3 Å². The Balaban J connectivity index is 1.24. The van der Waals surface area contributed by atoms with Crippen LogP contribution in [0.1, 0.15) is 17.5 Å². The first-order valence-corrected chi connectivity index (χ1v) is 11.1. The zero-order valence-corrected chi connectivity index (χ0v) is 18.8. The van der Waals surface area contributed by atoms with Gasteiger partial charge in [0.05, 0.1) is 19.4 Å². The molecule has 1 atom stereocenters. The molecular formula is C26H29FN4O2. The van der Waals surface area contributed by atoms with E-state index in [4.69, 9.17) is 9.47 Å². The van der Waals surface area contributed by atoms with Crippen LogP contribution in [0.25, 0.3) is 0 Å². The molecule has 0 radical (unpaired) electrons. The quantitative estimate of drug-likeness (QED) is 0.402. The van der Waals surface area contributed by atoms with Crippen molar-refractivity contribution in [3.05, 3.63) is 90.0 Å². The number of aliphatic imine (C=N–C) groups is 1. The summed E-state index contributed by atoms with van der Waals surface area (Å²) in [6, 6.07) is 18.7. The summed E-state index contributed by atoms with van der Waals surface area (Å²) < 4.78 is 26.0. The van der Waals surface area contributed by atoms with Crippen LogP contribution in [-0.4, -0.2) is 42.6 Å². The molecule has 6 nitrogen and oxygen atoms in total. The first-order valence-electron chi connectivity index (χ1n) is 11.1. The van der Waals surface area contributed by atoms with Crippen LogP contribution in [0.4, 0.5) is 4.39 Å². The van der Waals surface area contributed by atoms with Crippen molar-refractivity contribution in [1.82, 2.24) is 15.2 Å². The molecular weight excluding hydrogens is 419 g/mol. The highest BCUT2D eigenvalue weighted by atomic mass is 19.1. The van der Waals surface area contributed by atoms with Gasteiger partial charge in [-0.25, -0.2) is 4.39 Å². The van der Waals surface area contributed by atoms with Crippen LogP contribution in [0.5, 0.6) is 11.5 Å². The zero-order valence-electron chi connectivity index (χ0n) is 18.8. The van der Waals surface area contributed by atoms with E-state index in [-0.39, 0.29) is 5.75 Å². The standard InChI is InChI=1S/C26H29FN4O2/c1-28-26(31-13-11-22(17-31)19-32-18-20-6-3-2-4-7-20)30-15-21-9-10-25(24(27)14-21)33-23-8-5-12-29-16-23/h2-10,12,14,16,22H,11,13,15,17-19H2,1H3,(H,28,30). The van der Waals surface area contributed by atoms with E-state index in [0.717, 1.165) is 37.6 Å². The highest BCUT2D eigenvalue weighted by Gasteiger charge is 2.25. The minimum atomic E-state index is -0.412. The summed E-state index contributed by atoms with van der Waals surface area (Å²) in [4.78, 5) is 10.6. The van der Waals surface area contributed by atoms with Gasteiger partial charge in [-0.1, -0.05) is 36.4 Å². The summed E-state index contributed by atoms with van der Waals surface area (Å²) in [7, 11) is 1.77. The molecule has 4 rings (SSSR count). The summed E-state index contributed by atoms with van der Waals surface area (Å²) in [6.45, 7) is 3.65. The summed E-state index contributed by atoms with van der Waals surface area (Å²) in [5.74, 6) is 1.54. The van der Waals surface area contributed by atoms with Crippen molar-refractivity contribution in [3.63, 3.8) is 0 Å². The molecule has 1 unspecified atom stereocenters.